The summed E-state index contributed by atoms with van der Waals surface area (Å²) in [6, 6.07) is 6.60. The van der Waals surface area contributed by atoms with Gasteiger partial charge in [-0.2, -0.15) is 4.98 Å². The molecular weight excluding hydrogens is 434 g/mol. The minimum absolute atomic E-state index is 0.00107. The number of nitrogens with one attached hydrogen (secondary N) is 2. The van der Waals surface area contributed by atoms with Gasteiger partial charge in [0.1, 0.15) is 11.4 Å². The van der Waals surface area contributed by atoms with E-state index < -0.39 is 6.03 Å². The highest BCUT2D eigenvalue weighted by Gasteiger charge is 2.28. The van der Waals surface area contributed by atoms with E-state index in [9.17, 15) is 14.4 Å². The molecule has 10 nitrogen and oxygen atoms in total. The molecule has 1 aromatic carbocycles. The molecule has 4 amide bonds. The van der Waals surface area contributed by atoms with Crippen molar-refractivity contribution in [1.29, 1.82) is 0 Å². The molecule has 3 aromatic rings. The molecule has 2 aromatic heterocycles. The number of hydrogen-bond donors (Lipinski definition) is 2. The van der Waals surface area contributed by atoms with Crippen LogP contribution in [-0.4, -0.2) is 53.5 Å². The Kier molecular flexibility index (Phi) is 6.01. The SMILES string of the molecule is COCc1nc(OC)c2c(C)c(C(=O)Nc3cccc(CN4C(=O)CNC4=O)c3)sc2n1. The second-order valence-corrected chi connectivity index (χ2v) is 8.11. The van der Waals surface area contributed by atoms with Crippen molar-refractivity contribution in [2.24, 2.45) is 0 Å². The third-order valence-corrected chi connectivity index (χ3v) is 6.12. The molecule has 0 radical (unpaired) electrons. The number of anilines is 1. The first-order valence-corrected chi connectivity index (χ1v) is 10.5. The summed E-state index contributed by atoms with van der Waals surface area (Å²) < 4.78 is 10.5. The van der Waals surface area contributed by atoms with E-state index in [0.717, 1.165) is 16.0 Å². The van der Waals surface area contributed by atoms with Crippen LogP contribution in [0, 0.1) is 6.92 Å². The number of nitrogens with zero attached hydrogens (tertiary/aromatic N) is 3. The second-order valence-electron chi connectivity index (χ2n) is 7.11. The van der Waals surface area contributed by atoms with Crippen LogP contribution in [0.3, 0.4) is 0 Å². The monoisotopic (exact) mass is 455 g/mol. The van der Waals surface area contributed by atoms with Gasteiger partial charge < -0.3 is 20.1 Å². The van der Waals surface area contributed by atoms with Gasteiger partial charge in [-0.25, -0.2) is 9.78 Å². The number of ether oxygens (including phenoxy) is 2. The Bertz CT molecular complexity index is 1210. The highest BCUT2D eigenvalue weighted by atomic mass is 32.1. The molecule has 1 fully saturated rings. The summed E-state index contributed by atoms with van der Waals surface area (Å²) in [4.78, 5) is 47.7. The number of urea groups is 1. The van der Waals surface area contributed by atoms with Crippen LogP contribution in [0.25, 0.3) is 10.2 Å². The first-order chi connectivity index (χ1) is 15.4. The minimum Gasteiger partial charge on any atom is -0.480 e. The molecule has 1 saturated heterocycles. The van der Waals surface area contributed by atoms with E-state index in [1.807, 2.05) is 6.92 Å². The first-order valence-electron chi connectivity index (χ1n) is 9.72. The maximum Gasteiger partial charge on any atom is 0.324 e. The maximum absolute atomic E-state index is 13.0. The molecule has 0 aliphatic carbocycles. The number of rotatable bonds is 7. The number of amides is 4. The average molecular weight is 455 g/mol. The molecule has 0 spiro atoms. The van der Waals surface area contributed by atoms with Gasteiger partial charge in [0.15, 0.2) is 5.82 Å². The van der Waals surface area contributed by atoms with Crippen LogP contribution in [0.5, 0.6) is 5.88 Å². The average Bonchev–Trinajstić information content (AvgIpc) is 3.27. The molecule has 32 heavy (non-hydrogen) atoms. The van der Waals surface area contributed by atoms with Crippen molar-refractivity contribution >= 4 is 45.1 Å². The van der Waals surface area contributed by atoms with E-state index in [0.29, 0.717) is 32.5 Å². The van der Waals surface area contributed by atoms with Crippen LogP contribution >= 0.6 is 11.3 Å². The van der Waals surface area contributed by atoms with E-state index >= 15 is 0 Å². The highest BCUT2D eigenvalue weighted by Crippen LogP contribution is 2.35. The third-order valence-electron chi connectivity index (χ3n) is 4.94. The lowest BCUT2D eigenvalue weighted by atomic mass is 10.1. The van der Waals surface area contributed by atoms with Crippen LogP contribution in [0.1, 0.15) is 26.6 Å². The van der Waals surface area contributed by atoms with Gasteiger partial charge in [0, 0.05) is 12.8 Å². The molecule has 0 atom stereocenters. The van der Waals surface area contributed by atoms with Crippen LogP contribution in [0.15, 0.2) is 24.3 Å². The van der Waals surface area contributed by atoms with Gasteiger partial charge in [0.25, 0.3) is 5.91 Å². The van der Waals surface area contributed by atoms with Gasteiger partial charge in [-0.05, 0) is 30.2 Å². The van der Waals surface area contributed by atoms with Crippen molar-refractivity contribution in [3.63, 3.8) is 0 Å². The topological polar surface area (TPSA) is 123 Å². The molecule has 166 valence electrons. The molecule has 0 saturated carbocycles. The fourth-order valence-electron chi connectivity index (χ4n) is 3.44. The molecule has 1 aliphatic heterocycles. The second kappa shape index (κ2) is 8.89. The lowest BCUT2D eigenvalue weighted by Gasteiger charge is -2.13. The summed E-state index contributed by atoms with van der Waals surface area (Å²) in [5.41, 5.74) is 1.99. The van der Waals surface area contributed by atoms with Crippen molar-refractivity contribution in [3.8, 4) is 5.88 Å². The summed E-state index contributed by atoms with van der Waals surface area (Å²) in [5.74, 6) is 0.282. The van der Waals surface area contributed by atoms with Crippen molar-refractivity contribution < 1.29 is 23.9 Å². The predicted octanol–water partition coefficient (Wildman–Crippen LogP) is 2.46. The molecule has 0 unspecified atom stereocenters. The number of carbonyl (C=O) groups is 3. The number of thiophene rings is 1. The fraction of sp³-hybridized carbons (Fsp3) is 0.286. The summed E-state index contributed by atoms with van der Waals surface area (Å²) in [6.45, 7) is 2.18. The smallest absolute Gasteiger partial charge is 0.324 e. The Balaban J connectivity index is 1.58. The molecule has 1 aliphatic rings. The Morgan fingerprint density at radius 3 is 2.78 bits per heavy atom. The number of methoxy groups -OCH3 is 2. The van der Waals surface area contributed by atoms with Crippen molar-refractivity contribution in [2.45, 2.75) is 20.1 Å². The summed E-state index contributed by atoms with van der Waals surface area (Å²) in [5, 5.41) is 6.06. The zero-order valence-electron chi connectivity index (χ0n) is 17.7. The Hall–Kier alpha value is -3.57. The number of benzene rings is 1. The first kappa shape index (κ1) is 21.7. The van der Waals surface area contributed by atoms with Crippen molar-refractivity contribution in [1.82, 2.24) is 20.2 Å². The van der Waals surface area contributed by atoms with E-state index in [1.54, 1.807) is 31.4 Å². The molecule has 11 heteroatoms. The summed E-state index contributed by atoms with van der Waals surface area (Å²) in [6.07, 6.45) is 0. The van der Waals surface area contributed by atoms with E-state index in [2.05, 4.69) is 20.6 Å². The number of aryl methyl sites for hydroxylation is 1. The Morgan fingerprint density at radius 1 is 1.28 bits per heavy atom. The summed E-state index contributed by atoms with van der Waals surface area (Å²) in [7, 11) is 3.07. The number of fused-ring (bicyclic) bond motifs is 1. The number of carbonyl (C=O) groups excluding carboxylic acids is 3. The van der Waals surface area contributed by atoms with Crippen LogP contribution in [-0.2, 0) is 22.7 Å². The van der Waals surface area contributed by atoms with Gasteiger partial charge in [-0.3, -0.25) is 14.5 Å². The fourth-order valence-corrected chi connectivity index (χ4v) is 4.52. The minimum atomic E-state index is -0.423. The van der Waals surface area contributed by atoms with Crippen LogP contribution in [0.2, 0.25) is 0 Å². The van der Waals surface area contributed by atoms with E-state index in [1.165, 1.54) is 18.4 Å². The van der Waals surface area contributed by atoms with Crippen molar-refractivity contribution in [2.75, 3.05) is 26.1 Å². The van der Waals surface area contributed by atoms with Gasteiger partial charge >= 0.3 is 6.03 Å². The number of imide groups is 1. The summed E-state index contributed by atoms with van der Waals surface area (Å²) >= 11 is 1.25. The zero-order valence-corrected chi connectivity index (χ0v) is 18.5. The van der Waals surface area contributed by atoms with E-state index in [4.69, 9.17) is 9.47 Å². The predicted molar refractivity (Wildman–Crippen MR) is 118 cm³/mol. The van der Waals surface area contributed by atoms with Crippen molar-refractivity contribution in [3.05, 3.63) is 46.1 Å². The van der Waals surface area contributed by atoms with Gasteiger partial charge in [-0.1, -0.05) is 12.1 Å². The van der Waals surface area contributed by atoms with Crippen LogP contribution in [0.4, 0.5) is 10.5 Å². The van der Waals surface area contributed by atoms with Gasteiger partial charge in [0.05, 0.1) is 30.5 Å². The quantitative estimate of drug-likeness (QED) is 0.525. The molecule has 4 rings (SSSR count). The molecule has 2 N–H and O–H groups in total. The van der Waals surface area contributed by atoms with E-state index in [-0.39, 0.29) is 31.5 Å². The molecule has 0 bridgehead atoms. The largest absolute Gasteiger partial charge is 0.480 e. The van der Waals surface area contributed by atoms with Crippen LogP contribution < -0.4 is 15.4 Å². The lowest BCUT2D eigenvalue weighted by Crippen LogP contribution is -2.30. The Labute approximate surface area is 187 Å². The highest BCUT2D eigenvalue weighted by molar-refractivity contribution is 7.20. The standard InChI is InChI=1S/C21H21N5O5S/c1-11-16-19(31-3)24-14(10-30-2)25-20(16)32-17(11)18(28)23-13-6-4-5-12(7-13)9-26-15(27)8-22-21(26)29/h4-7H,8-10H2,1-3H3,(H,22,29)(H,23,28). The Morgan fingerprint density at radius 2 is 2.09 bits per heavy atom. The lowest BCUT2D eigenvalue weighted by molar-refractivity contribution is -0.125. The molecular formula is C21H21N5O5S. The van der Waals surface area contributed by atoms with Gasteiger partial charge in [-0.15, -0.1) is 11.3 Å². The zero-order chi connectivity index (χ0) is 22.8. The number of hydrogen-bond acceptors (Lipinski definition) is 8. The third kappa shape index (κ3) is 4.12. The normalized spacial score (nSPS) is 13.5. The number of aromatic nitrogens is 2. The molecule has 3 heterocycles. The van der Waals surface area contributed by atoms with Gasteiger partial charge in [0.2, 0.25) is 11.8 Å². The maximum atomic E-state index is 13.0.